The number of imidazole rings is 2. The Bertz CT molecular complexity index is 2650. The first-order valence-corrected chi connectivity index (χ1v) is 15.1. The van der Waals surface area contributed by atoms with Crippen molar-refractivity contribution in [3.8, 4) is 27.9 Å². The van der Waals surface area contributed by atoms with E-state index in [4.69, 9.17) is 9.40 Å². The Morgan fingerprint density at radius 1 is 0.568 bits per heavy atom. The quantitative estimate of drug-likeness (QED) is 0.209. The first-order valence-electron chi connectivity index (χ1n) is 15.1. The molecular weight excluding hydrogens is 538 g/mol. The summed E-state index contributed by atoms with van der Waals surface area (Å²) >= 11 is 0. The molecule has 0 aliphatic heterocycles. The molecule has 3 heterocycles. The minimum absolute atomic E-state index is 0.0932. The monoisotopic (exact) mass is 565 g/mol. The number of benzene rings is 6. The number of rotatable bonds is 2. The van der Waals surface area contributed by atoms with Crippen molar-refractivity contribution >= 4 is 49.8 Å². The van der Waals surface area contributed by atoms with E-state index in [0.29, 0.717) is 0 Å². The predicted molar refractivity (Wildman–Crippen MR) is 180 cm³/mol. The molecule has 0 bridgehead atoms. The highest BCUT2D eigenvalue weighted by Gasteiger charge is 2.36. The largest absolute Gasteiger partial charge is 0.456 e. The molecule has 4 heteroatoms. The average molecular weight is 566 g/mol. The Labute approximate surface area is 253 Å². The summed E-state index contributed by atoms with van der Waals surface area (Å²) in [6.45, 7) is 4.68. The average Bonchev–Trinajstić information content (AvgIpc) is 3.76. The van der Waals surface area contributed by atoms with E-state index in [-0.39, 0.29) is 5.41 Å². The van der Waals surface area contributed by atoms with Crippen molar-refractivity contribution in [3.63, 3.8) is 0 Å². The normalized spacial score (nSPS) is 13.9. The summed E-state index contributed by atoms with van der Waals surface area (Å²) < 4.78 is 10.8. The summed E-state index contributed by atoms with van der Waals surface area (Å²) in [7, 11) is 0. The molecule has 1 aliphatic rings. The van der Waals surface area contributed by atoms with Gasteiger partial charge in [-0.1, -0.05) is 86.6 Å². The van der Waals surface area contributed by atoms with E-state index in [0.717, 1.165) is 66.6 Å². The first-order chi connectivity index (χ1) is 21.6. The molecule has 3 aromatic heterocycles. The van der Waals surface area contributed by atoms with Crippen LogP contribution in [0.4, 0.5) is 0 Å². The number of furan rings is 1. The van der Waals surface area contributed by atoms with Crippen LogP contribution >= 0.6 is 0 Å². The number of hydrogen-bond donors (Lipinski definition) is 0. The molecule has 0 amide bonds. The van der Waals surface area contributed by atoms with Gasteiger partial charge in [0.2, 0.25) is 5.78 Å². The van der Waals surface area contributed by atoms with Crippen molar-refractivity contribution < 1.29 is 4.42 Å². The van der Waals surface area contributed by atoms with Gasteiger partial charge in [-0.15, -0.1) is 0 Å². The number of hydrogen-bond acceptors (Lipinski definition) is 2. The molecule has 4 nitrogen and oxygen atoms in total. The molecule has 0 atom stereocenters. The van der Waals surface area contributed by atoms with Gasteiger partial charge >= 0.3 is 0 Å². The minimum atomic E-state index is -0.0932. The van der Waals surface area contributed by atoms with Gasteiger partial charge < -0.3 is 4.42 Å². The Morgan fingerprint density at radius 2 is 1.36 bits per heavy atom. The summed E-state index contributed by atoms with van der Waals surface area (Å²) in [6, 6.07) is 45.6. The first kappa shape index (κ1) is 23.9. The summed E-state index contributed by atoms with van der Waals surface area (Å²) in [5.41, 5.74) is 14.9. The van der Waals surface area contributed by atoms with Crippen LogP contribution in [-0.4, -0.2) is 14.0 Å². The molecule has 0 N–H and O–H groups in total. The zero-order valence-electron chi connectivity index (χ0n) is 24.4. The highest BCUT2D eigenvalue weighted by Crippen LogP contribution is 2.50. The van der Waals surface area contributed by atoms with Gasteiger partial charge in [-0.25, -0.2) is 4.98 Å². The lowest BCUT2D eigenvalue weighted by molar-refractivity contribution is 0.661. The van der Waals surface area contributed by atoms with Gasteiger partial charge in [0.25, 0.3) is 0 Å². The molecule has 0 saturated carbocycles. The summed E-state index contributed by atoms with van der Waals surface area (Å²) in [5.74, 6) is 0.921. The summed E-state index contributed by atoms with van der Waals surface area (Å²) in [4.78, 5) is 5.20. The Balaban J connectivity index is 1.25. The van der Waals surface area contributed by atoms with Crippen molar-refractivity contribution in [1.29, 1.82) is 0 Å². The van der Waals surface area contributed by atoms with Crippen LogP contribution in [0.3, 0.4) is 0 Å². The fraction of sp³-hybridized carbons (Fsp3) is 0.0750. The molecule has 0 radical (unpaired) electrons. The molecule has 0 fully saturated rings. The van der Waals surface area contributed by atoms with Crippen LogP contribution in [0.5, 0.6) is 0 Å². The summed E-state index contributed by atoms with van der Waals surface area (Å²) in [5, 5.41) is 2.27. The minimum Gasteiger partial charge on any atom is -0.456 e. The van der Waals surface area contributed by atoms with Gasteiger partial charge in [-0.2, -0.15) is 0 Å². The molecule has 44 heavy (non-hydrogen) atoms. The molecule has 0 saturated heterocycles. The number of aromatic nitrogens is 3. The van der Waals surface area contributed by atoms with Crippen LogP contribution in [0.1, 0.15) is 25.0 Å². The van der Waals surface area contributed by atoms with Gasteiger partial charge in [0.05, 0.1) is 22.1 Å². The van der Waals surface area contributed by atoms with Crippen molar-refractivity contribution in [1.82, 2.24) is 14.0 Å². The Morgan fingerprint density at radius 3 is 2.32 bits per heavy atom. The van der Waals surface area contributed by atoms with E-state index in [9.17, 15) is 0 Å². The van der Waals surface area contributed by atoms with Crippen molar-refractivity contribution in [3.05, 3.63) is 139 Å². The second kappa shape index (κ2) is 8.27. The van der Waals surface area contributed by atoms with Gasteiger partial charge in [0.15, 0.2) is 0 Å². The van der Waals surface area contributed by atoms with Gasteiger partial charge in [0, 0.05) is 21.9 Å². The van der Waals surface area contributed by atoms with Crippen molar-refractivity contribution in [2.24, 2.45) is 0 Å². The SMILES string of the molecule is CC1(C)c2ccccc2-c2cc3c(cc21)n(-c1cccc(-c2ccc4oc5ccccc5c4c2)c1)c1nc2ccccc2n31. The highest BCUT2D eigenvalue weighted by atomic mass is 16.3. The van der Waals surface area contributed by atoms with E-state index in [1.54, 1.807) is 0 Å². The molecule has 9 aromatic rings. The maximum Gasteiger partial charge on any atom is 0.220 e. The zero-order valence-corrected chi connectivity index (χ0v) is 24.4. The van der Waals surface area contributed by atoms with Crippen LogP contribution in [0.2, 0.25) is 0 Å². The van der Waals surface area contributed by atoms with Crippen molar-refractivity contribution in [2.45, 2.75) is 19.3 Å². The Kier molecular flexibility index (Phi) is 4.49. The lowest BCUT2D eigenvalue weighted by Crippen LogP contribution is -2.15. The third-order valence-electron chi connectivity index (χ3n) is 9.72. The topological polar surface area (TPSA) is 35.4 Å². The predicted octanol–water partition coefficient (Wildman–Crippen LogP) is 10.3. The number of nitrogens with zero attached hydrogens (tertiary/aromatic N) is 3. The third kappa shape index (κ3) is 3.04. The van der Waals surface area contributed by atoms with E-state index < -0.39 is 0 Å². The maximum atomic E-state index is 6.11. The molecule has 1 aliphatic carbocycles. The van der Waals surface area contributed by atoms with Gasteiger partial charge in [-0.05, 0) is 88.0 Å². The van der Waals surface area contributed by atoms with Crippen LogP contribution < -0.4 is 0 Å². The van der Waals surface area contributed by atoms with Crippen LogP contribution in [-0.2, 0) is 5.41 Å². The van der Waals surface area contributed by atoms with Gasteiger partial charge in [0.1, 0.15) is 11.2 Å². The fourth-order valence-corrected chi connectivity index (χ4v) is 7.58. The highest BCUT2D eigenvalue weighted by molar-refractivity contribution is 6.06. The van der Waals surface area contributed by atoms with Gasteiger partial charge in [-0.3, -0.25) is 8.97 Å². The van der Waals surface area contributed by atoms with E-state index in [2.05, 4.69) is 138 Å². The molecule has 0 spiro atoms. The van der Waals surface area contributed by atoms with Crippen LogP contribution in [0.25, 0.3) is 77.7 Å². The maximum absolute atomic E-state index is 6.11. The zero-order chi connectivity index (χ0) is 29.2. The molecule has 208 valence electrons. The molecular formula is C40H27N3O. The Hall–Kier alpha value is -5.61. The lowest BCUT2D eigenvalue weighted by atomic mass is 9.82. The number of fused-ring (bicyclic) bond motifs is 11. The number of para-hydroxylation sites is 3. The van der Waals surface area contributed by atoms with Crippen LogP contribution in [0.15, 0.2) is 132 Å². The molecule has 10 rings (SSSR count). The smallest absolute Gasteiger partial charge is 0.220 e. The van der Waals surface area contributed by atoms with Crippen molar-refractivity contribution in [2.75, 3.05) is 0 Å². The lowest BCUT2D eigenvalue weighted by Gasteiger charge is -2.21. The molecule has 6 aromatic carbocycles. The van der Waals surface area contributed by atoms with E-state index in [1.807, 2.05) is 12.1 Å². The van der Waals surface area contributed by atoms with Crippen LogP contribution in [0, 0.1) is 0 Å². The second-order valence-electron chi connectivity index (χ2n) is 12.5. The van der Waals surface area contributed by atoms with E-state index >= 15 is 0 Å². The molecule has 0 unspecified atom stereocenters. The standard InChI is InChI=1S/C40H27N3O/c1-40(2)31-14-5-3-12-27(31)29-22-35-36(23-32(29)40)42(39-41-33-15-6-7-16-34(33)43(35)39)26-11-9-10-24(20-26)25-18-19-38-30(21-25)28-13-4-8-17-37(28)44-38/h3-23H,1-2H3. The second-order valence-corrected chi connectivity index (χ2v) is 12.5. The summed E-state index contributed by atoms with van der Waals surface area (Å²) in [6.07, 6.45) is 0. The fourth-order valence-electron chi connectivity index (χ4n) is 7.58. The third-order valence-corrected chi connectivity index (χ3v) is 9.72. The van der Waals surface area contributed by atoms with E-state index in [1.165, 1.54) is 22.3 Å².